The van der Waals surface area contributed by atoms with Crippen LogP contribution in [0.3, 0.4) is 0 Å². The van der Waals surface area contributed by atoms with Crippen molar-refractivity contribution in [3.05, 3.63) is 52.3 Å². The molecule has 1 aliphatic heterocycles. The molecule has 1 aliphatic rings. The van der Waals surface area contributed by atoms with E-state index in [1.807, 2.05) is 11.5 Å². The molecule has 30 heavy (non-hydrogen) atoms. The Morgan fingerprint density at radius 1 is 1.13 bits per heavy atom. The lowest BCUT2D eigenvalue weighted by atomic mass is 10.3. The molecule has 0 N–H and O–H groups in total. The maximum absolute atomic E-state index is 13.0. The van der Waals surface area contributed by atoms with Crippen LogP contribution in [0.25, 0.3) is 11.0 Å². The van der Waals surface area contributed by atoms with E-state index in [-0.39, 0.29) is 11.5 Å². The summed E-state index contributed by atoms with van der Waals surface area (Å²) in [5.74, 6) is 1.05. The molecule has 3 aromatic rings. The quantitative estimate of drug-likeness (QED) is 0.545. The van der Waals surface area contributed by atoms with E-state index in [9.17, 15) is 8.42 Å². The molecule has 0 unspecified atom stereocenters. The number of rotatable bonds is 6. The second kappa shape index (κ2) is 8.72. The molecular formula is C20H21Cl2N3O4S. The van der Waals surface area contributed by atoms with E-state index in [2.05, 4.69) is 4.98 Å². The van der Waals surface area contributed by atoms with Gasteiger partial charge in [0.15, 0.2) is 5.75 Å². The number of nitrogens with zero attached hydrogens (tertiary/aromatic N) is 3. The van der Waals surface area contributed by atoms with Crippen LogP contribution in [0.5, 0.6) is 5.75 Å². The number of benzene rings is 2. The number of hydrogen-bond acceptors (Lipinski definition) is 5. The van der Waals surface area contributed by atoms with E-state index in [1.165, 1.54) is 4.31 Å². The highest BCUT2D eigenvalue weighted by Gasteiger charge is 2.27. The van der Waals surface area contributed by atoms with Gasteiger partial charge in [-0.3, -0.25) is 0 Å². The van der Waals surface area contributed by atoms with Crippen molar-refractivity contribution in [2.24, 2.45) is 0 Å². The lowest BCUT2D eigenvalue weighted by Gasteiger charge is -2.26. The minimum Gasteiger partial charge on any atom is -0.483 e. The predicted molar refractivity (Wildman–Crippen MR) is 116 cm³/mol. The van der Waals surface area contributed by atoms with Crippen LogP contribution < -0.4 is 4.74 Å². The van der Waals surface area contributed by atoms with E-state index in [4.69, 9.17) is 32.7 Å². The Morgan fingerprint density at radius 3 is 2.50 bits per heavy atom. The van der Waals surface area contributed by atoms with Crippen molar-refractivity contribution < 1.29 is 17.9 Å². The third-order valence-corrected chi connectivity index (χ3v) is 7.48. The fraction of sp³-hybridized carbons (Fsp3) is 0.350. The van der Waals surface area contributed by atoms with Gasteiger partial charge in [-0.2, -0.15) is 4.31 Å². The molecule has 0 atom stereocenters. The molecule has 0 spiro atoms. The van der Waals surface area contributed by atoms with Crippen LogP contribution in [0.1, 0.15) is 12.7 Å². The number of aryl methyl sites for hydroxylation is 1. The van der Waals surface area contributed by atoms with Crippen molar-refractivity contribution in [3.63, 3.8) is 0 Å². The number of sulfonamides is 1. The normalized spacial score (nSPS) is 15.6. The van der Waals surface area contributed by atoms with Gasteiger partial charge < -0.3 is 14.0 Å². The van der Waals surface area contributed by atoms with E-state index in [0.717, 1.165) is 5.52 Å². The Kier molecular flexibility index (Phi) is 6.22. The molecule has 1 fully saturated rings. The molecule has 160 valence electrons. The summed E-state index contributed by atoms with van der Waals surface area (Å²) < 4.78 is 40.4. The average molecular weight is 470 g/mol. The number of hydrogen-bond donors (Lipinski definition) is 0. The summed E-state index contributed by atoms with van der Waals surface area (Å²) in [6, 6.07) is 10.2. The first-order valence-electron chi connectivity index (χ1n) is 9.55. The minimum absolute atomic E-state index is 0.150. The minimum atomic E-state index is -3.59. The van der Waals surface area contributed by atoms with Gasteiger partial charge in [0.2, 0.25) is 10.0 Å². The number of para-hydroxylation sites is 1. The Hall–Kier alpha value is -1.84. The maximum Gasteiger partial charge on any atom is 0.243 e. The van der Waals surface area contributed by atoms with Gasteiger partial charge in [0.1, 0.15) is 12.4 Å². The lowest BCUT2D eigenvalue weighted by Crippen LogP contribution is -2.40. The van der Waals surface area contributed by atoms with E-state index in [0.29, 0.717) is 60.0 Å². The first-order chi connectivity index (χ1) is 14.4. The Morgan fingerprint density at radius 2 is 1.83 bits per heavy atom. The van der Waals surface area contributed by atoms with Crippen LogP contribution in [0.15, 0.2) is 41.3 Å². The highest BCUT2D eigenvalue weighted by Crippen LogP contribution is 2.33. The standard InChI is InChI=1S/C20H21Cl2N3O4S/c1-2-25-18-7-6-14(30(26,27)24-8-10-28-11-9-24)12-17(18)23-19(25)13-29-20-15(21)4-3-5-16(20)22/h3-7,12H,2,8-11,13H2,1H3. The van der Waals surface area contributed by atoms with Crippen molar-refractivity contribution in [3.8, 4) is 5.75 Å². The molecule has 4 rings (SSSR count). The first kappa shape index (κ1) is 21.4. The first-order valence-corrected chi connectivity index (χ1v) is 11.7. The Bertz CT molecular complexity index is 1150. The summed E-state index contributed by atoms with van der Waals surface area (Å²) in [5, 5.41) is 0.834. The third kappa shape index (κ3) is 4.02. The summed E-state index contributed by atoms with van der Waals surface area (Å²) in [4.78, 5) is 4.84. The molecule has 2 heterocycles. The number of halogens is 2. The fourth-order valence-corrected chi connectivity index (χ4v) is 5.41. The SMILES string of the molecule is CCn1c(COc2c(Cl)cccc2Cl)nc2cc(S(=O)(=O)N3CCOCC3)ccc21. The summed E-state index contributed by atoms with van der Waals surface area (Å²) in [7, 11) is -3.59. The van der Waals surface area contributed by atoms with E-state index in [1.54, 1.807) is 36.4 Å². The van der Waals surface area contributed by atoms with Gasteiger partial charge in [-0.25, -0.2) is 13.4 Å². The second-order valence-electron chi connectivity index (χ2n) is 6.78. The van der Waals surface area contributed by atoms with Crippen molar-refractivity contribution in [2.45, 2.75) is 25.0 Å². The van der Waals surface area contributed by atoms with Gasteiger partial charge in [0.25, 0.3) is 0 Å². The molecule has 2 aromatic carbocycles. The fourth-order valence-electron chi connectivity index (χ4n) is 3.48. The van der Waals surface area contributed by atoms with Crippen molar-refractivity contribution in [2.75, 3.05) is 26.3 Å². The van der Waals surface area contributed by atoms with Crippen LogP contribution in [0, 0.1) is 0 Å². The number of imidazole rings is 1. The smallest absolute Gasteiger partial charge is 0.243 e. The van der Waals surface area contributed by atoms with Crippen LogP contribution in [-0.2, 0) is 27.9 Å². The Balaban J connectivity index is 1.65. The topological polar surface area (TPSA) is 73.7 Å². The number of ether oxygens (including phenoxy) is 2. The number of aromatic nitrogens is 2. The summed E-state index contributed by atoms with van der Waals surface area (Å²) in [6.07, 6.45) is 0. The zero-order chi connectivity index (χ0) is 21.3. The highest BCUT2D eigenvalue weighted by atomic mass is 35.5. The number of morpholine rings is 1. The highest BCUT2D eigenvalue weighted by molar-refractivity contribution is 7.89. The molecule has 0 bridgehead atoms. The van der Waals surface area contributed by atoms with E-state index < -0.39 is 10.0 Å². The molecule has 1 aromatic heterocycles. The predicted octanol–water partition coefficient (Wildman–Crippen LogP) is 3.96. The van der Waals surface area contributed by atoms with Gasteiger partial charge in [0, 0.05) is 19.6 Å². The molecular weight excluding hydrogens is 449 g/mol. The van der Waals surface area contributed by atoms with Gasteiger partial charge >= 0.3 is 0 Å². The van der Waals surface area contributed by atoms with Gasteiger partial charge in [-0.1, -0.05) is 29.3 Å². The molecule has 0 aliphatic carbocycles. The second-order valence-corrected chi connectivity index (χ2v) is 9.53. The molecule has 0 radical (unpaired) electrons. The zero-order valence-electron chi connectivity index (χ0n) is 16.3. The molecule has 7 nitrogen and oxygen atoms in total. The zero-order valence-corrected chi connectivity index (χ0v) is 18.7. The summed E-state index contributed by atoms with van der Waals surface area (Å²) in [6.45, 7) is 4.29. The summed E-state index contributed by atoms with van der Waals surface area (Å²) in [5.41, 5.74) is 1.43. The van der Waals surface area contributed by atoms with Crippen LogP contribution >= 0.6 is 23.2 Å². The van der Waals surface area contributed by atoms with E-state index >= 15 is 0 Å². The number of fused-ring (bicyclic) bond motifs is 1. The van der Waals surface area contributed by atoms with Crippen LogP contribution in [0.2, 0.25) is 10.0 Å². The van der Waals surface area contributed by atoms with Crippen LogP contribution in [0.4, 0.5) is 0 Å². The lowest BCUT2D eigenvalue weighted by molar-refractivity contribution is 0.0730. The molecule has 0 amide bonds. The van der Waals surface area contributed by atoms with Gasteiger partial charge in [-0.05, 0) is 37.3 Å². The van der Waals surface area contributed by atoms with Crippen LogP contribution in [-0.4, -0.2) is 48.6 Å². The maximum atomic E-state index is 13.0. The largest absolute Gasteiger partial charge is 0.483 e. The van der Waals surface area contributed by atoms with Gasteiger partial charge in [0.05, 0.1) is 39.2 Å². The molecule has 1 saturated heterocycles. The van der Waals surface area contributed by atoms with Gasteiger partial charge in [-0.15, -0.1) is 0 Å². The monoisotopic (exact) mass is 469 g/mol. The molecule has 10 heteroatoms. The third-order valence-electron chi connectivity index (χ3n) is 4.99. The molecule has 0 saturated carbocycles. The van der Waals surface area contributed by atoms with Crippen molar-refractivity contribution in [1.29, 1.82) is 0 Å². The average Bonchev–Trinajstić information content (AvgIpc) is 3.10. The van der Waals surface area contributed by atoms with Crippen molar-refractivity contribution >= 4 is 44.3 Å². The Labute approximate surface area is 185 Å². The van der Waals surface area contributed by atoms with Crippen molar-refractivity contribution in [1.82, 2.24) is 13.9 Å². The summed E-state index contributed by atoms with van der Waals surface area (Å²) >= 11 is 12.4.